The number of likely N-dealkylation sites (tertiary alicyclic amines) is 1. The van der Waals surface area contributed by atoms with E-state index in [9.17, 15) is 18.0 Å². The van der Waals surface area contributed by atoms with Gasteiger partial charge in [0.15, 0.2) is 0 Å². The fraction of sp³-hybridized carbons (Fsp3) is 0.900. The molecule has 1 amide bonds. The second-order valence-electron chi connectivity index (χ2n) is 4.34. The first-order valence-corrected chi connectivity index (χ1v) is 6.52. The summed E-state index contributed by atoms with van der Waals surface area (Å²) in [6.07, 6.45) is 1.61. The van der Waals surface area contributed by atoms with Gasteiger partial charge in [0.1, 0.15) is 0 Å². The molecule has 0 aromatic rings. The molecule has 2 unspecified atom stereocenters. The van der Waals surface area contributed by atoms with Gasteiger partial charge in [-0.1, -0.05) is 6.92 Å². The van der Waals surface area contributed by atoms with Gasteiger partial charge in [0.25, 0.3) is 0 Å². The molecule has 0 bridgehead atoms. The van der Waals surface area contributed by atoms with Gasteiger partial charge in [-0.25, -0.2) is 0 Å². The second-order valence-corrected chi connectivity index (χ2v) is 5.38. The molecule has 0 aromatic carbocycles. The van der Waals surface area contributed by atoms with E-state index < -0.39 is 17.2 Å². The number of hydrogen-bond donors (Lipinski definition) is 1. The number of amides is 1. The quantitative estimate of drug-likeness (QED) is 0.851. The maximum absolute atomic E-state index is 12.0. The average molecular weight is 270 g/mol. The highest BCUT2D eigenvalue weighted by atomic mass is 32.2. The van der Waals surface area contributed by atoms with Gasteiger partial charge in [0.05, 0.1) is 5.75 Å². The van der Waals surface area contributed by atoms with Crippen molar-refractivity contribution in [3.8, 4) is 0 Å². The molecule has 1 aliphatic heterocycles. The number of rotatable bonds is 3. The largest absolute Gasteiger partial charge is 0.442 e. The van der Waals surface area contributed by atoms with E-state index >= 15 is 0 Å². The zero-order valence-electron chi connectivity index (χ0n) is 9.67. The predicted octanol–water partition coefficient (Wildman–Crippen LogP) is 1.83. The van der Waals surface area contributed by atoms with Crippen LogP contribution in [0.1, 0.15) is 19.8 Å². The number of alkyl halides is 3. The molecule has 100 valence electrons. The third-order valence-electron chi connectivity index (χ3n) is 2.93. The molecule has 0 aromatic heterocycles. The first kappa shape index (κ1) is 14.6. The van der Waals surface area contributed by atoms with Crippen LogP contribution >= 0.6 is 11.8 Å². The third kappa shape index (κ3) is 4.75. The fourth-order valence-corrected chi connectivity index (χ4v) is 2.48. The standard InChI is InChI=1S/C10H17F3N2OS/c1-7-2-3-15(8(4-7)5-14)9(16)6-17-10(11,12)13/h7-8H,2-6,14H2,1H3. The van der Waals surface area contributed by atoms with Gasteiger partial charge >= 0.3 is 5.51 Å². The van der Waals surface area contributed by atoms with E-state index in [1.54, 1.807) is 0 Å². The van der Waals surface area contributed by atoms with Crippen LogP contribution in [-0.4, -0.2) is 41.2 Å². The number of piperidine rings is 1. The summed E-state index contributed by atoms with van der Waals surface area (Å²) in [4.78, 5) is 13.2. The van der Waals surface area contributed by atoms with Crippen molar-refractivity contribution in [3.05, 3.63) is 0 Å². The Balaban J connectivity index is 2.50. The van der Waals surface area contributed by atoms with Gasteiger partial charge in [0.2, 0.25) is 5.91 Å². The SMILES string of the molecule is CC1CCN(C(=O)CSC(F)(F)F)C(CN)C1. The highest BCUT2D eigenvalue weighted by Gasteiger charge is 2.33. The zero-order valence-corrected chi connectivity index (χ0v) is 10.5. The van der Waals surface area contributed by atoms with Crippen molar-refractivity contribution in [2.24, 2.45) is 11.7 Å². The van der Waals surface area contributed by atoms with Crippen LogP contribution in [0.4, 0.5) is 13.2 Å². The lowest BCUT2D eigenvalue weighted by molar-refractivity contribution is -0.132. The van der Waals surface area contributed by atoms with Crippen LogP contribution in [-0.2, 0) is 4.79 Å². The van der Waals surface area contributed by atoms with Crippen molar-refractivity contribution in [2.45, 2.75) is 31.3 Å². The molecule has 0 saturated carbocycles. The minimum atomic E-state index is -4.35. The van der Waals surface area contributed by atoms with Gasteiger partial charge in [-0.2, -0.15) is 13.2 Å². The number of thioether (sulfide) groups is 1. The Morgan fingerprint density at radius 3 is 2.71 bits per heavy atom. The average Bonchev–Trinajstić information content (AvgIpc) is 2.24. The minimum absolute atomic E-state index is 0.111. The summed E-state index contributed by atoms with van der Waals surface area (Å²) in [5.41, 5.74) is 1.20. The summed E-state index contributed by atoms with van der Waals surface area (Å²) in [5, 5.41) is 0. The molecular weight excluding hydrogens is 253 g/mol. The Labute approximate surface area is 103 Å². The molecule has 2 N–H and O–H groups in total. The number of nitrogens with zero attached hydrogens (tertiary/aromatic N) is 1. The molecule has 0 spiro atoms. The lowest BCUT2D eigenvalue weighted by Gasteiger charge is -2.38. The molecule has 1 saturated heterocycles. The van der Waals surface area contributed by atoms with Crippen LogP contribution < -0.4 is 5.73 Å². The molecule has 0 radical (unpaired) electrons. The predicted molar refractivity (Wildman–Crippen MR) is 61.5 cm³/mol. The highest BCUT2D eigenvalue weighted by molar-refractivity contribution is 8.00. The minimum Gasteiger partial charge on any atom is -0.338 e. The van der Waals surface area contributed by atoms with Crippen molar-refractivity contribution in [1.29, 1.82) is 0 Å². The van der Waals surface area contributed by atoms with Crippen LogP contribution in [0.25, 0.3) is 0 Å². The van der Waals surface area contributed by atoms with Crippen LogP contribution in [0.2, 0.25) is 0 Å². The number of carbonyl (C=O) groups is 1. The van der Waals surface area contributed by atoms with Crippen LogP contribution in [0, 0.1) is 5.92 Å². The molecule has 2 atom stereocenters. The Kier molecular flexibility index (Phi) is 5.12. The van der Waals surface area contributed by atoms with Gasteiger partial charge in [0, 0.05) is 19.1 Å². The molecule has 1 rings (SSSR count). The van der Waals surface area contributed by atoms with E-state index in [1.807, 2.05) is 0 Å². The monoisotopic (exact) mass is 270 g/mol. The first-order chi connectivity index (χ1) is 7.83. The molecule has 3 nitrogen and oxygen atoms in total. The molecule has 1 heterocycles. The van der Waals surface area contributed by atoms with E-state index in [0.29, 0.717) is 19.0 Å². The van der Waals surface area contributed by atoms with E-state index in [0.717, 1.165) is 12.8 Å². The maximum Gasteiger partial charge on any atom is 0.442 e. The molecule has 1 fully saturated rings. The Hall–Kier alpha value is -0.430. The summed E-state index contributed by atoms with van der Waals surface area (Å²) in [6, 6.07) is -0.111. The number of carbonyl (C=O) groups excluding carboxylic acids is 1. The van der Waals surface area contributed by atoms with Crippen molar-refractivity contribution in [3.63, 3.8) is 0 Å². The van der Waals surface area contributed by atoms with E-state index in [4.69, 9.17) is 5.73 Å². The summed E-state index contributed by atoms with van der Waals surface area (Å²) < 4.78 is 36.0. The Morgan fingerprint density at radius 1 is 1.53 bits per heavy atom. The van der Waals surface area contributed by atoms with Gasteiger partial charge < -0.3 is 10.6 Å². The first-order valence-electron chi connectivity index (χ1n) is 5.53. The zero-order chi connectivity index (χ0) is 13.1. The topological polar surface area (TPSA) is 46.3 Å². The maximum atomic E-state index is 12.0. The van der Waals surface area contributed by atoms with Crippen molar-refractivity contribution in [2.75, 3.05) is 18.8 Å². The Morgan fingerprint density at radius 2 is 2.18 bits per heavy atom. The van der Waals surface area contributed by atoms with Crippen molar-refractivity contribution in [1.82, 2.24) is 4.90 Å². The summed E-state index contributed by atoms with van der Waals surface area (Å²) in [6.45, 7) is 2.89. The van der Waals surface area contributed by atoms with Crippen LogP contribution in [0.3, 0.4) is 0 Å². The lowest BCUT2D eigenvalue weighted by Crippen LogP contribution is -2.50. The van der Waals surface area contributed by atoms with E-state index in [1.165, 1.54) is 4.90 Å². The Bertz CT molecular complexity index is 273. The van der Waals surface area contributed by atoms with Gasteiger partial charge in [-0.3, -0.25) is 4.79 Å². The number of halogens is 3. The van der Waals surface area contributed by atoms with Crippen molar-refractivity contribution >= 4 is 17.7 Å². The molecule has 7 heteroatoms. The van der Waals surface area contributed by atoms with E-state index in [-0.39, 0.29) is 17.8 Å². The van der Waals surface area contributed by atoms with Gasteiger partial charge in [-0.15, -0.1) is 0 Å². The summed E-state index contributed by atoms with van der Waals surface area (Å²) in [5.74, 6) is -0.536. The van der Waals surface area contributed by atoms with Crippen LogP contribution in [0.15, 0.2) is 0 Å². The second kappa shape index (κ2) is 5.95. The normalized spacial score (nSPS) is 26.1. The molecule has 1 aliphatic rings. The van der Waals surface area contributed by atoms with Gasteiger partial charge in [-0.05, 0) is 30.5 Å². The third-order valence-corrected chi connectivity index (χ3v) is 3.65. The van der Waals surface area contributed by atoms with E-state index in [2.05, 4.69) is 6.92 Å². The lowest BCUT2D eigenvalue weighted by atomic mass is 9.92. The molecular formula is C10H17F3N2OS. The summed E-state index contributed by atoms with van der Waals surface area (Å²) in [7, 11) is 0. The molecule has 0 aliphatic carbocycles. The highest BCUT2D eigenvalue weighted by Crippen LogP contribution is 2.31. The number of nitrogens with two attached hydrogens (primary N) is 1. The summed E-state index contributed by atoms with van der Waals surface area (Å²) >= 11 is -0.283. The number of hydrogen-bond acceptors (Lipinski definition) is 3. The molecule has 17 heavy (non-hydrogen) atoms. The smallest absolute Gasteiger partial charge is 0.338 e. The fourth-order valence-electron chi connectivity index (χ4n) is 2.03. The van der Waals surface area contributed by atoms with Crippen molar-refractivity contribution < 1.29 is 18.0 Å². The van der Waals surface area contributed by atoms with Crippen LogP contribution in [0.5, 0.6) is 0 Å².